The molecule has 0 saturated heterocycles. The smallest absolute Gasteiger partial charge is 0.253 e. The maximum absolute atomic E-state index is 13.5. The number of nitrogens with zero attached hydrogens (tertiary/aromatic N) is 5. The molecule has 2 aromatic heterocycles. The molecule has 0 aliphatic rings. The van der Waals surface area contributed by atoms with Crippen LogP contribution in [0.3, 0.4) is 0 Å². The number of sulfonamides is 1. The van der Waals surface area contributed by atoms with Crippen molar-refractivity contribution < 1.29 is 12.8 Å². The zero-order chi connectivity index (χ0) is 27.6. The predicted molar refractivity (Wildman–Crippen MR) is 150 cm³/mol. The Hall–Kier alpha value is -4.26. The second-order valence-electron chi connectivity index (χ2n) is 8.68. The van der Waals surface area contributed by atoms with Gasteiger partial charge in [0, 0.05) is 38.2 Å². The second-order valence-corrected chi connectivity index (χ2v) is 10.8. The lowest BCUT2D eigenvalue weighted by atomic mass is 10.2. The summed E-state index contributed by atoms with van der Waals surface area (Å²) in [5.41, 5.74) is 3.86. The molecule has 13 heteroatoms. The molecule has 0 unspecified atom stereocenters. The molecular weight excluding hydrogens is 543 g/mol. The van der Waals surface area contributed by atoms with E-state index >= 15 is 0 Å². The van der Waals surface area contributed by atoms with E-state index in [1.807, 2.05) is 47.8 Å². The second kappa shape index (κ2) is 10.8. The lowest BCUT2D eigenvalue weighted by Crippen LogP contribution is -2.14. The zero-order valence-electron chi connectivity index (χ0n) is 20.9. The Bertz CT molecular complexity index is 1760. The number of aromatic nitrogens is 4. The number of aryl methyl sites for hydroxylation is 1. The summed E-state index contributed by atoms with van der Waals surface area (Å²) in [6.45, 7) is 0.440. The average Bonchev–Trinajstić information content (AvgIpc) is 3.26. The van der Waals surface area contributed by atoms with Gasteiger partial charge in [-0.2, -0.15) is 4.98 Å². The van der Waals surface area contributed by atoms with E-state index in [0.29, 0.717) is 24.0 Å². The molecule has 0 saturated carbocycles. The van der Waals surface area contributed by atoms with Crippen LogP contribution in [0.5, 0.6) is 0 Å². The van der Waals surface area contributed by atoms with Crippen molar-refractivity contribution in [3.8, 4) is 0 Å². The summed E-state index contributed by atoms with van der Waals surface area (Å²) in [4.78, 5) is 15.4. The zero-order valence-corrected chi connectivity index (χ0v) is 22.5. The fourth-order valence-corrected chi connectivity index (χ4v) is 4.92. The first-order chi connectivity index (χ1) is 18.7. The van der Waals surface area contributed by atoms with Crippen molar-refractivity contribution in [2.24, 2.45) is 7.05 Å². The third-order valence-corrected chi connectivity index (χ3v) is 7.77. The molecule has 0 bridgehead atoms. The van der Waals surface area contributed by atoms with E-state index < -0.39 is 10.0 Å². The highest BCUT2D eigenvalue weighted by atomic mass is 35.5. The van der Waals surface area contributed by atoms with Crippen molar-refractivity contribution in [3.63, 3.8) is 0 Å². The van der Waals surface area contributed by atoms with Crippen LogP contribution in [0.2, 0.25) is 0 Å². The average molecular weight is 567 g/mol. The van der Waals surface area contributed by atoms with E-state index in [4.69, 9.17) is 16.8 Å². The van der Waals surface area contributed by atoms with Crippen molar-refractivity contribution in [3.05, 3.63) is 90.4 Å². The highest BCUT2D eigenvalue weighted by Crippen LogP contribution is 2.28. The molecule has 10 nitrogen and oxygen atoms in total. The Morgan fingerprint density at radius 2 is 1.85 bits per heavy atom. The van der Waals surface area contributed by atoms with E-state index in [1.165, 1.54) is 24.3 Å². The number of hydrogen-bond acceptors (Lipinski definition) is 8. The first-order valence-electron chi connectivity index (χ1n) is 11.7. The van der Waals surface area contributed by atoms with E-state index in [9.17, 15) is 12.8 Å². The number of hydrogen-bond donors (Lipinski definition) is 3. The van der Waals surface area contributed by atoms with Gasteiger partial charge in [-0.1, -0.05) is 18.2 Å². The highest BCUT2D eigenvalue weighted by Gasteiger charge is 2.15. The Morgan fingerprint density at radius 3 is 2.64 bits per heavy atom. The van der Waals surface area contributed by atoms with Gasteiger partial charge >= 0.3 is 0 Å². The SMILES string of the molecule is CN(c1ccc2c(c1)nc(NCc1cccc(F)c1)n2C)c1ccnc(Nc2cccc(S(=O)(=O)NCl)c2)n1. The predicted octanol–water partition coefficient (Wildman–Crippen LogP) is 5.06. The Labute approximate surface area is 229 Å². The number of benzene rings is 3. The van der Waals surface area contributed by atoms with Crippen LogP contribution >= 0.6 is 11.8 Å². The van der Waals surface area contributed by atoms with Crippen LogP contribution in [-0.2, 0) is 23.6 Å². The van der Waals surface area contributed by atoms with Crippen LogP contribution in [0, 0.1) is 5.82 Å². The summed E-state index contributed by atoms with van der Waals surface area (Å²) in [5.74, 6) is 1.28. The standard InChI is InChI=1S/C26H24ClFN8O2S/c1-35(24-11-12-29-25(33-24)31-19-7-4-8-21(14-19)39(37,38)34-27)20-9-10-23-22(15-20)32-26(36(23)2)30-16-17-5-3-6-18(28)13-17/h3-15,34H,16H2,1-2H3,(H,30,32)(H,29,31,33). The molecule has 0 atom stereocenters. The van der Waals surface area contributed by atoms with E-state index in [-0.39, 0.29) is 16.7 Å². The Balaban J connectivity index is 1.35. The Kier molecular flexibility index (Phi) is 7.33. The van der Waals surface area contributed by atoms with Crippen molar-refractivity contribution in [2.45, 2.75) is 11.4 Å². The lowest BCUT2D eigenvalue weighted by Gasteiger charge is -2.19. The largest absolute Gasteiger partial charge is 0.352 e. The normalized spacial score (nSPS) is 11.5. The van der Waals surface area contributed by atoms with Crippen molar-refractivity contribution in [2.75, 3.05) is 22.6 Å². The number of halogens is 2. The van der Waals surface area contributed by atoms with Crippen molar-refractivity contribution >= 4 is 61.9 Å². The summed E-state index contributed by atoms with van der Waals surface area (Å²) in [6, 6.07) is 20.2. The number of rotatable bonds is 9. The van der Waals surface area contributed by atoms with Crippen molar-refractivity contribution in [1.82, 2.24) is 23.8 Å². The third-order valence-electron chi connectivity index (χ3n) is 6.08. The quantitative estimate of drug-likeness (QED) is 0.212. The fraction of sp³-hybridized carbons (Fsp3) is 0.115. The maximum Gasteiger partial charge on any atom is 0.253 e. The van der Waals surface area contributed by atoms with E-state index in [1.54, 1.807) is 34.7 Å². The first kappa shape index (κ1) is 26.4. The molecule has 2 heterocycles. The van der Waals surface area contributed by atoms with Crippen LogP contribution < -0.4 is 19.8 Å². The summed E-state index contributed by atoms with van der Waals surface area (Å²) >= 11 is 5.34. The maximum atomic E-state index is 13.5. The highest BCUT2D eigenvalue weighted by molar-refractivity contribution is 7.90. The van der Waals surface area contributed by atoms with Crippen LogP contribution in [-0.4, -0.2) is 35.0 Å². The van der Waals surface area contributed by atoms with Crippen LogP contribution in [0.1, 0.15) is 5.56 Å². The van der Waals surface area contributed by atoms with E-state index in [0.717, 1.165) is 22.3 Å². The lowest BCUT2D eigenvalue weighted by molar-refractivity contribution is 0.594. The third kappa shape index (κ3) is 5.77. The van der Waals surface area contributed by atoms with Gasteiger partial charge in [0.1, 0.15) is 11.6 Å². The van der Waals surface area contributed by atoms with Gasteiger partial charge in [0.2, 0.25) is 11.9 Å². The minimum absolute atomic E-state index is 0.00391. The van der Waals surface area contributed by atoms with E-state index in [2.05, 4.69) is 20.6 Å². The van der Waals surface area contributed by atoms with Gasteiger partial charge in [0.15, 0.2) is 0 Å². The number of imidazole rings is 1. The molecule has 0 amide bonds. The molecule has 5 aromatic rings. The van der Waals surface area contributed by atoms with Gasteiger partial charge in [-0.05, 0) is 71.9 Å². The molecule has 0 radical (unpaired) electrons. The fourth-order valence-electron chi connectivity index (χ4n) is 4.03. The molecular formula is C26H24ClFN8O2S. The van der Waals surface area contributed by atoms with Crippen molar-refractivity contribution in [1.29, 1.82) is 0 Å². The first-order valence-corrected chi connectivity index (χ1v) is 13.6. The molecule has 5 rings (SSSR count). The van der Waals surface area contributed by atoms with Crippen LogP contribution in [0.15, 0.2) is 83.9 Å². The van der Waals surface area contributed by atoms with Gasteiger partial charge in [0.25, 0.3) is 10.0 Å². The summed E-state index contributed by atoms with van der Waals surface area (Å²) in [6.07, 6.45) is 1.61. The number of fused-ring (bicyclic) bond motifs is 1. The number of nitrogens with one attached hydrogen (secondary N) is 3. The minimum Gasteiger partial charge on any atom is -0.352 e. The van der Waals surface area contributed by atoms with Crippen LogP contribution in [0.25, 0.3) is 11.0 Å². The molecule has 0 fully saturated rings. The summed E-state index contributed by atoms with van der Waals surface area (Å²) in [7, 11) is -0.0217. The topological polar surface area (TPSA) is 117 Å². The molecule has 200 valence electrons. The van der Waals surface area contributed by atoms with Gasteiger partial charge in [0.05, 0.1) is 15.9 Å². The molecule has 0 spiro atoms. The summed E-state index contributed by atoms with van der Waals surface area (Å²) < 4.78 is 41.2. The van der Waals surface area contributed by atoms with Gasteiger partial charge in [-0.15, -0.1) is 4.24 Å². The monoisotopic (exact) mass is 566 g/mol. The minimum atomic E-state index is -3.81. The molecule has 39 heavy (non-hydrogen) atoms. The molecule has 3 aromatic carbocycles. The molecule has 3 N–H and O–H groups in total. The molecule has 0 aliphatic carbocycles. The van der Waals surface area contributed by atoms with Gasteiger partial charge in [-0.25, -0.2) is 22.8 Å². The van der Waals surface area contributed by atoms with Gasteiger partial charge in [-0.3, -0.25) is 0 Å². The van der Waals surface area contributed by atoms with Crippen LogP contribution in [0.4, 0.5) is 33.5 Å². The number of anilines is 5. The Morgan fingerprint density at radius 1 is 1.03 bits per heavy atom. The van der Waals surface area contributed by atoms with Gasteiger partial charge < -0.3 is 20.1 Å². The molecule has 0 aliphatic heterocycles. The summed E-state index contributed by atoms with van der Waals surface area (Å²) in [5, 5.41) is 6.29.